The quantitative estimate of drug-likeness (QED) is 0.427. The fourth-order valence-corrected chi connectivity index (χ4v) is 5.33. The highest BCUT2D eigenvalue weighted by Gasteiger charge is 2.55. The van der Waals surface area contributed by atoms with Gasteiger partial charge in [0.25, 0.3) is 5.91 Å². The monoisotopic (exact) mass is 479 g/mol. The lowest BCUT2D eigenvalue weighted by Crippen LogP contribution is -2.45. The second-order valence-electron chi connectivity index (χ2n) is 9.05. The van der Waals surface area contributed by atoms with Crippen LogP contribution in [0, 0.1) is 5.82 Å². The molecular weight excluding hydrogens is 453 g/mol. The first-order valence-electron chi connectivity index (χ1n) is 10.9. The van der Waals surface area contributed by atoms with Crippen LogP contribution in [0.3, 0.4) is 0 Å². The fourth-order valence-electron chi connectivity index (χ4n) is 3.94. The summed E-state index contributed by atoms with van der Waals surface area (Å²) < 4.78 is 23.5. The average Bonchev–Trinajstić information content (AvgIpc) is 3.02. The Morgan fingerprint density at radius 3 is 2.32 bits per heavy atom. The van der Waals surface area contributed by atoms with Crippen molar-refractivity contribution in [2.24, 2.45) is 0 Å². The van der Waals surface area contributed by atoms with Crippen LogP contribution in [0.1, 0.15) is 31.9 Å². The first-order valence-corrected chi connectivity index (χ1v) is 11.7. The highest BCUT2D eigenvalue weighted by Crippen LogP contribution is 2.54. The van der Waals surface area contributed by atoms with E-state index >= 15 is 0 Å². The molecule has 7 heteroatoms. The number of carbonyl (C=O) groups excluding carboxylic acids is 2. The highest BCUT2D eigenvalue weighted by molar-refractivity contribution is 8.01. The minimum Gasteiger partial charge on any atom is -0.497 e. The topological polar surface area (TPSA) is 55.8 Å². The first kappa shape index (κ1) is 23.8. The van der Waals surface area contributed by atoms with E-state index in [4.69, 9.17) is 9.47 Å². The predicted molar refractivity (Wildman–Crippen MR) is 131 cm³/mol. The van der Waals surface area contributed by atoms with E-state index in [1.807, 2.05) is 30.3 Å². The molecule has 0 bridgehead atoms. The van der Waals surface area contributed by atoms with Crippen molar-refractivity contribution in [3.8, 4) is 5.75 Å². The van der Waals surface area contributed by atoms with Gasteiger partial charge in [-0.1, -0.05) is 30.3 Å². The van der Waals surface area contributed by atoms with Crippen LogP contribution in [0.2, 0.25) is 0 Å². The van der Waals surface area contributed by atoms with Crippen LogP contribution in [-0.4, -0.2) is 24.7 Å². The number of benzene rings is 3. The number of fused-ring (bicyclic) bond motifs is 1. The van der Waals surface area contributed by atoms with E-state index in [-0.39, 0.29) is 12.2 Å². The van der Waals surface area contributed by atoms with Crippen molar-refractivity contribution in [3.63, 3.8) is 0 Å². The molecule has 4 rings (SSSR count). The number of methoxy groups -OCH3 is 1. The summed E-state index contributed by atoms with van der Waals surface area (Å²) in [7, 11) is 1.55. The van der Waals surface area contributed by atoms with Gasteiger partial charge in [-0.3, -0.25) is 4.79 Å². The summed E-state index contributed by atoms with van der Waals surface area (Å²) in [5, 5.41) is 0. The van der Waals surface area contributed by atoms with E-state index in [2.05, 4.69) is 0 Å². The normalized spacial score (nSPS) is 17.4. The zero-order chi connectivity index (χ0) is 24.5. The third-order valence-electron chi connectivity index (χ3n) is 5.41. The van der Waals surface area contributed by atoms with Crippen LogP contribution in [0.15, 0.2) is 77.7 Å². The molecule has 1 heterocycles. The van der Waals surface area contributed by atoms with Gasteiger partial charge < -0.3 is 9.47 Å². The van der Waals surface area contributed by atoms with Gasteiger partial charge in [-0.25, -0.2) is 14.1 Å². The van der Waals surface area contributed by atoms with Crippen LogP contribution in [0.25, 0.3) is 0 Å². The van der Waals surface area contributed by atoms with E-state index in [1.165, 1.54) is 23.9 Å². The Labute approximate surface area is 202 Å². The number of hydrogen-bond acceptors (Lipinski definition) is 5. The van der Waals surface area contributed by atoms with Crippen LogP contribution in [-0.2, 0) is 20.7 Å². The van der Waals surface area contributed by atoms with Crippen LogP contribution in [0.5, 0.6) is 5.75 Å². The molecule has 0 N–H and O–H groups in total. The summed E-state index contributed by atoms with van der Waals surface area (Å²) in [6, 6.07) is 20.8. The van der Waals surface area contributed by atoms with E-state index in [0.29, 0.717) is 17.0 Å². The molecule has 1 aliphatic rings. The predicted octanol–water partition coefficient (Wildman–Crippen LogP) is 6.35. The number of halogens is 1. The van der Waals surface area contributed by atoms with Gasteiger partial charge in [0.1, 0.15) is 21.9 Å². The maximum Gasteiger partial charge on any atom is 0.421 e. The van der Waals surface area contributed by atoms with Gasteiger partial charge >= 0.3 is 6.09 Å². The lowest BCUT2D eigenvalue weighted by molar-refractivity contribution is -0.120. The Hall–Kier alpha value is -3.32. The van der Waals surface area contributed by atoms with Crippen LogP contribution >= 0.6 is 11.8 Å². The van der Waals surface area contributed by atoms with E-state index < -0.39 is 22.3 Å². The van der Waals surface area contributed by atoms with Gasteiger partial charge in [0.05, 0.1) is 12.8 Å². The number of hydrogen-bond donors (Lipinski definition) is 0. The molecule has 0 aromatic heterocycles. The lowest BCUT2D eigenvalue weighted by atomic mass is 9.92. The summed E-state index contributed by atoms with van der Waals surface area (Å²) >= 11 is 1.36. The van der Waals surface area contributed by atoms with E-state index in [0.717, 1.165) is 15.4 Å². The molecule has 0 fully saturated rings. The zero-order valence-corrected chi connectivity index (χ0v) is 20.3. The van der Waals surface area contributed by atoms with Gasteiger partial charge in [-0.2, -0.15) is 0 Å². The van der Waals surface area contributed by atoms with Gasteiger partial charge in [-0.05, 0) is 68.8 Å². The molecular formula is C27H26FNO4S. The molecule has 1 atom stereocenters. The minimum atomic E-state index is -1.19. The second-order valence-corrected chi connectivity index (χ2v) is 10.4. The molecule has 3 aromatic rings. The lowest BCUT2D eigenvalue weighted by Gasteiger charge is -2.29. The van der Waals surface area contributed by atoms with Crippen molar-refractivity contribution in [1.29, 1.82) is 0 Å². The van der Waals surface area contributed by atoms with Gasteiger partial charge in [0.2, 0.25) is 0 Å². The molecule has 176 valence electrons. The molecule has 34 heavy (non-hydrogen) atoms. The number of imide groups is 1. The second kappa shape index (κ2) is 9.14. The number of thioether (sulfide) groups is 1. The Morgan fingerprint density at radius 1 is 1.03 bits per heavy atom. The maximum absolute atomic E-state index is 14.2. The van der Waals surface area contributed by atoms with Gasteiger partial charge in [0.15, 0.2) is 0 Å². The zero-order valence-electron chi connectivity index (χ0n) is 19.5. The Kier molecular flexibility index (Phi) is 6.41. The molecule has 2 amide bonds. The van der Waals surface area contributed by atoms with E-state index in [9.17, 15) is 14.0 Å². The third kappa shape index (κ3) is 4.66. The Balaban J connectivity index is 1.90. The number of rotatable bonds is 5. The summed E-state index contributed by atoms with van der Waals surface area (Å²) in [6.45, 7) is 5.26. The average molecular weight is 480 g/mol. The Morgan fingerprint density at radius 2 is 1.71 bits per heavy atom. The molecule has 1 aliphatic heterocycles. The molecule has 0 spiro atoms. The number of amides is 2. The summed E-state index contributed by atoms with van der Waals surface area (Å²) in [6.07, 6.45) is -0.496. The summed E-state index contributed by atoms with van der Waals surface area (Å²) in [4.78, 5) is 29.4. The number of nitrogens with zero attached hydrogens (tertiary/aromatic N) is 1. The summed E-state index contributed by atoms with van der Waals surface area (Å²) in [5.41, 5.74) is 1.07. The summed E-state index contributed by atoms with van der Waals surface area (Å²) in [5.74, 6) is -0.207. The van der Waals surface area contributed by atoms with Gasteiger partial charge in [-0.15, -0.1) is 11.8 Å². The molecule has 5 nitrogen and oxygen atoms in total. The van der Waals surface area contributed by atoms with Crippen molar-refractivity contribution in [3.05, 3.63) is 89.7 Å². The molecule has 0 unspecified atom stereocenters. The van der Waals surface area contributed by atoms with Crippen LogP contribution in [0.4, 0.5) is 14.9 Å². The maximum atomic E-state index is 14.2. The molecule has 0 saturated heterocycles. The largest absolute Gasteiger partial charge is 0.497 e. The molecule has 0 aliphatic carbocycles. The van der Waals surface area contributed by atoms with E-state index in [1.54, 1.807) is 58.2 Å². The van der Waals surface area contributed by atoms with Crippen molar-refractivity contribution in [2.75, 3.05) is 12.0 Å². The van der Waals surface area contributed by atoms with Crippen molar-refractivity contribution in [2.45, 2.75) is 42.4 Å². The molecule has 0 radical (unpaired) electrons. The van der Waals surface area contributed by atoms with Crippen molar-refractivity contribution in [1.82, 2.24) is 0 Å². The number of ether oxygens (including phenoxy) is 2. The molecule has 3 aromatic carbocycles. The first-order chi connectivity index (χ1) is 16.1. The molecule has 0 saturated carbocycles. The smallest absolute Gasteiger partial charge is 0.421 e. The van der Waals surface area contributed by atoms with Crippen LogP contribution < -0.4 is 9.64 Å². The third-order valence-corrected chi connectivity index (χ3v) is 6.80. The van der Waals surface area contributed by atoms with Crippen molar-refractivity contribution < 1.29 is 23.5 Å². The SMILES string of the molecule is COc1ccc2c(c1)[C@@](Cc1ccc(F)cc1)(Sc1ccccc1)C(=O)N2C(=O)OC(C)(C)C. The minimum absolute atomic E-state index is 0.241. The van der Waals surface area contributed by atoms with Crippen molar-refractivity contribution >= 4 is 29.4 Å². The fraction of sp³-hybridized carbons (Fsp3) is 0.259. The standard InChI is InChI=1S/C27H26FNO4S/c1-26(2,3)33-25(31)29-23-15-14-20(32-4)16-22(23)27(24(29)30,34-21-8-6-5-7-9-21)17-18-10-12-19(28)13-11-18/h5-16H,17H2,1-4H3/t27-/m1/s1. The van der Waals surface area contributed by atoms with Gasteiger partial charge in [0, 0.05) is 16.9 Å². The number of anilines is 1. The number of carbonyl (C=O) groups is 2. The Bertz CT molecular complexity index is 1210. The highest BCUT2D eigenvalue weighted by atomic mass is 32.2.